The van der Waals surface area contributed by atoms with E-state index < -0.39 is 0 Å². The topological polar surface area (TPSA) is 53.3 Å². The zero-order chi connectivity index (χ0) is 14.1. The van der Waals surface area contributed by atoms with Crippen LogP contribution in [-0.2, 0) is 21.3 Å². The number of thiophene rings is 1. The molecule has 0 N–H and O–H groups in total. The zero-order valence-electron chi connectivity index (χ0n) is 11.1. The molecule has 0 aliphatic carbocycles. The minimum atomic E-state index is -0.308. The number of imidazole rings is 1. The molecule has 5 nitrogen and oxygen atoms in total. The first kappa shape index (κ1) is 14.0. The number of carbonyl (C=O) groups excluding carboxylic acids is 1. The van der Waals surface area contributed by atoms with Crippen LogP contribution < -0.4 is 0 Å². The van der Waals surface area contributed by atoms with Crippen molar-refractivity contribution in [1.29, 1.82) is 0 Å². The normalized spacial score (nSPS) is 18.8. The molecule has 1 aliphatic heterocycles. The minimum Gasteiger partial charge on any atom is -0.465 e. The average Bonchev–Trinajstić information content (AvgIpc) is 3.15. The molecule has 1 atom stereocenters. The highest BCUT2D eigenvalue weighted by Gasteiger charge is 2.22. The van der Waals surface area contributed by atoms with Crippen LogP contribution in [0.1, 0.15) is 28.3 Å². The third-order valence-electron chi connectivity index (χ3n) is 3.44. The average molecular weight is 359 g/mol. The summed E-state index contributed by atoms with van der Waals surface area (Å²) < 4.78 is 12.6. The van der Waals surface area contributed by atoms with Crippen molar-refractivity contribution in [2.75, 3.05) is 13.7 Å². The molecule has 7 heteroatoms. The molecule has 0 saturated carbocycles. The van der Waals surface area contributed by atoms with Crippen LogP contribution in [0, 0.1) is 0 Å². The summed E-state index contributed by atoms with van der Waals surface area (Å²) in [6.45, 7) is 1.62. The Morgan fingerprint density at radius 1 is 1.70 bits per heavy atom. The fourth-order valence-electron chi connectivity index (χ4n) is 2.46. The summed E-state index contributed by atoms with van der Waals surface area (Å²) in [6.07, 6.45) is 2.44. The van der Waals surface area contributed by atoms with Gasteiger partial charge in [-0.15, -0.1) is 11.3 Å². The number of alkyl halides is 1. The van der Waals surface area contributed by atoms with Crippen molar-refractivity contribution < 1.29 is 14.3 Å². The largest absolute Gasteiger partial charge is 0.465 e. The Labute approximate surface area is 129 Å². The van der Waals surface area contributed by atoms with Crippen molar-refractivity contribution in [2.24, 2.45) is 0 Å². The molecule has 0 bridgehead atoms. The number of halogens is 1. The molecule has 0 spiro atoms. The first-order valence-corrected chi connectivity index (χ1v) is 8.41. The molecule has 20 heavy (non-hydrogen) atoms. The SMILES string of the molecule is COC(=O)c1cc2c(nc(CBr)n2C[C@@H]2CCCO2)s1. The number of aromatic nitrogens is 2. The maximum absolute atomic E-state index is 11.6. The quantitative estimate of drug-likeness (QED) is 0.622. The summed E-state index contributed by atoms with van der Waals surface area (Å²) in [5.41, 5.74) is 0.986. The van der Waals surface area contributed by atoms with Crippen molar-refractivity contribution in [3.8, 4) is 0 Å². The number of hydrogen-bond donors (Lipinski definition) is 0. The summed E-state index contributed by atoms with van der Waals surface area (Å²) >= 11 is 4.84. The van der Waals surface area contributed by atoms with Crippen molar-refractivity contribution in [2.45, 2.75) is 30.8 Å². The highest BCUT2D eigenvalue weighted by molar-refractivity contribution is 9.08. The second-order valence-electron chi connectivity index (χ2n) is 4.70. The van der Waals surface area contributed by atoms with Gasteiger partial charge in [0.1, 0.15) is 15.5 Å². The van der Waals surface area contributed by atoms with Gasteiger partial charge in [-0.1, -0.05) is 15.9 Å². The Bertz CT molecular complexity index is 631. The van der Waals surface area contributed by atoms with E-state index in [1.165, 1.54) is 18.4 Å². The van der Waals surface area contributed by atoms with Crippen molar-refractivity contribution >= 4 is 43.6 Å². The van der Waals surface area contributed by atoms with Crippen LogP contribution in [0.15, 0.2) is 6.07 Å². The van der Waals surface area contributed by atoms with E-state index in [-0.39, 0.29) is 12.1 Å². The standard InChI is InChI=1S/C13H15BrN2O3S/c1-18-13(17)10-5-9-12(20-10)15-11(6-14)16(9)7-8-3-2-4-19-8/h5,8H,2-4,6-7H2,1H3/t8-/m0/s1. The van der Waals surface area contributed by atoms with Gasteiger partial charge < -0.3 is 14.0 Å². The van der Waals surface area contributed by atoms with E-state index in [9.17, 15) is 4.79 Å². The molecule has 0 aromatic carbocycles. The van der Waals surface area contributed by atoms with Crippen LogP contribution in [0.2, 0.25) is 0 Å². The van der Waals surface area contributed by atoms with E-state index in [2.05, 4.69) is 25.5 Å². The van der Waals surface area contributed by atoms with Crippen LogP contribution in [0.5, 0.6) is 0 Å². The number of ether oxygens (including phenoxy) is 2. The molecule has 1 saturated heterocycles. The summed E-state index contributed by atoms with van der Waals surface area (Å²) in [4.78, 5) is 17.7. The predicted octanol–water partition coefficient (Wildman–Crippen LogP) is 2.96. The van der Waals surface area contributed by atoms with Gasteiger partial charge in [0.25, 0.3) is 0 Å². The molecule has 1 fully saturated rings. The number of nitrogens with zero attached hydrogens (tertiary/aromatic N) is 2. The first-order valence-electron chi connectivity index (χ1n) is 6.47. The van der Waals surface area contributed by atoms with E-state index in [4.69, 9.17) is 9.47 Å². The Balaban J connectivity index is 1.97. The molecular formula is C13H15BrN2O3S. The monoisotopic (exact) mass is 358 g/mol. The van der Waals surface area contributed by atoms with Gasteiger partial charge in [0, 0.05) is 6.61 Å². The van der Waals surface area contributed by atoms with Crippen molar-refractivity contribution in [1.82, 2.24) is 9.55 Å². The van der Waals surface area contributed by atoms with Gasteiger partial charge in [-0.3, -0.25) is 0 Å². The summed E-state index contributed by atoms with van der Waals surface area (Å²) in [7, 11) is 1.39. The smallest absolute Gasteiger partial charge is 0.348 e. The van der Waals surface area contributed by atoms with E-state index in [0.717, 1.165) is 42.2 Å². The summed E-state index contributed by atoms with van der Waals surface area (Å²) in [5.74, 6) is 0.662. The fourth-order valence-corrected chi connectivity index (χ4v) is 3.86. The lowest BCUT2D eigenvalue weighted by Crippen LogP contribution is -2.16. The van der Waals surface area contributed by atoms with Crippen molar-refractivity contribution in [3.05, 3.63) is 16.8 Å². The van der Waals surface area contributed by atoms with E-state index in [1.807, 2.05) is 6.07 Å². The third kappa shape index (κ3) is 2.49. The first-order chi connectivity index (χ1) is 9.72. The van der Waals surface area contributed by atoms with Crippen LogP contribution >= 0.6 is 27.3 Å². The highest BCUT2D eigenvalue weighted by atomic mass is 79.9. The number of rotatable bonds is 4. The second kappa shape index (κ2) is 5.83. The lowest BCUT2D eigenvalue weighted by atomic mass is 10.2. The van der Waals surface area contributed by atoms with Gasteiger partial charge in [-0.05, 0) is 18.9 Å². The molecule has 1 aliphatic rings. The predicted molar refractivity (Wildman–Crippen MR) is 80.6 cm³/mol. The number of hydrogen-bond acceptors (Lipinski definition) is 5. The lowest BCUT2D eigenvalue weighted by Gasteiger charge is -2.12. The molecule has 0 amide bonds. The van der Waals surface area contributed by atoms with Gasteiger partial charge in [-0.25, -0.2) is 9.78 Å². The molecule has 0 radical (unpaired) electrons. The summed E-state index contributed by atoms with van der Waals surface area (Å²) in [6, 6.07) is 1.86. The van der Waals surface area contributed by atoms with Gasteiger partial charge >= 0.3 is 5.97 Å². The van der Waals surface area contributed by atoms with Crippen LogP contribution in [-0.4, -0.2) is 35.3 Å². The molecule has 108 valence electrons. The van der Waals surface area contributed by atoms with Crippen molar-refractivity contribution in [3.63, 3.8) is 0 Å². The Morgan fingerprint density at radius 3 is 3.20 bits per heavy atom. The molecule has 0 unspecified atom stereocenters. The number of methoxy groups -OCH3 is 1. The number of fused-ring (bicyclic) bond motifs is 1. The van der Waals surface area contributed by atoms with Crippen LogP contribution in [0.25, 0.3) is 10.3 Å². The molecule has 2 aromatic heterocycles. The highest BCUT2D eigenvalue weighted by Crippen LogP contribution is 2.29. The molecule has 3 heterocycles. The fraction of sp³-hybridized carbons (Fsp3) is 0.538. The van der Waals surface area contributed by atoms with Crippen LogP contribution in [0.3, 0.4) is 0 Å². The Kier molecular flexibility index (Phi) is 4.09. The minimum absolute atomic E-state index is 0.242. The van der Waals surface area contributed by atoms with Gasteiger partial charge in [0.15, 0.2) is 0 Å². The lowest BCUT2D eigenvalue weighted by molar-refractivity contribution is 0.0606. The third-order valence-corrected chi connectivity index (χ3v) is 4.94. The molecule has 3 rings (SSSR count). The molecular weight excluding hydrogens is 344 g/mol. The van der Waals surface area contributed by atoms with Gasteiger partial charge in [-0.2, -0.15) is 0 Å². The number of esters is 1. The maximum atomic E-state index is 11.6. The summed E-state index contributed by atoms with van der Waals surface area (Å²) in [5, 5.41) is 0.689. The van der Waals surface area contributed by atoms with E-state index in [0.29, 0.717) is 10.2 Å². The second-order valence-corrected chi connectivity index (χ2v) is 6.29. The zero-order valence-corrected chi connectivity index (χ0v) is 13.5. The van der Waals surface area contributed by atoms with E-state index >= 15 is 0 Å². The Morgan fingerprint density at radius 2 is 2.55 bits per heavy atom. The number of carbonyl (C=O) groups is 1. The van der Waals surface area contributed by atoms with Crippen LogP contribution in [0.4, 0.5) is 0 Å². The molecule has 2 aromatic rings. The van der Waals surface area contributed by atoms with E-state index in [1.54, 1.807) is 0 Å². The maximum Gasteiger partial charge on any atom is 0.348 e. The van der Waals surface area contributed by atoms with Gasteiger partial charge in [0.2, 0.25) is 0 Å². The van der Waals surface area contributed by atoms with Gasteiger partial charge in [0.05, 0.1) is 30.6 Å². The Hall–Kier alpha value is -0.920.